The molecule has 0 aliphatic carbocycles. The highest BCUT2D eigenvalue weighted by Gasteiger charge is 2.15. The van der Waals surface area contributed by atoms with Crippen LogP contribution in [0.4, 0.5) is 5.69 Å². The van der Waals surface area contributed by atoms with Crippen LogP contribution in [0.1, 0.15) is 36.2 Å². The Morgan fingerprint density at radius 2 is 2.08 bits per heavy atom. The Hall–Kier alpha value is -2.34. The van der Waals surface area contributed by atoms with E-state index in [9.17, 15) is 9.59 Å². The number of carbonyl (C=O) groups excluding carboxylic acids is 2. The second-order valence-electron chi connectivity index (χ2n) is 6.14. The third-order valence-corrected chi connectivity index (χ3v) is 4.43. The summed E-state index contributed by atoms with van der Waals surface area (Å²) in [4.78, 5) is 23.6. The van der Waals surface area contributed by atoms with Crippen molar-refractivity contribution in [3.8, 4) is 0 Å². The topological polar surface area (TPSA) is 80.6 Å². The molecule has 0 bridgehead atoms. The van der Waals surface area contributed by atoms with Crippen molar-refractivity contribution in [2.24, 2.45) is 5.92 Å². The maximum atomic E-state index is 12.1. The number of anilines is 1. The van der Waals surface area contributed by atoms with Crippen molar-refractivity contribution in [1.82, 2.24) is 5.32 Å². The molecule has 1 amide bonds. The summed E-state index contributed by atoms with van der Waals surface area (Å²) >= 11 is 0. The maximum Gasteiger partial charge on any atom is 0.373 e. The van der Waals surface area contributed by atoms with Gasteiger partial charge in [0.25, 0.3) is 0 Å². The van der Waals surface area contributed by atoms with Gasteiger partial charge in [-0.05, 0) is 62.5 Å². The number of hydrogen-bond acceptors (Lipinski definition) is 5. The highest BCUT2D eigenvalue weighted by Crippen LogP contribution is 2.24. The summed E-state index contributed by atoms with van der Waals surface area (Å²) < 4.78 is 10.1. The minimum Gasteiger partial charge on any atom is -0.463 e. The fourth-order valence-corrected chi connectivity index (χ4v) is 3.05. The van der Waals surface area contributed by atoms with Crippen LogP contribution in [0.25, 0.3) is 11.0 Å². The van der Waals surface area contributed by atoms with Gasteiger partial charge < -0.3 is 19.8 Å². The highest BCUT2D eigenvalue weighted by atomic mass is 16.5. The smallest absolute Gasteiger partial charge is 0.373 e. The van der Waals surface area contributed by atoms with Gasteiger partial charge in [0.2, 0.25) is 11.7 Å². The average Bonchev–Trinajstić information content (AvgIpc) is 3.03. The second-order valence-corrected chi connectivity index (χ2v) is 6.14. The number of methoxy groups -OCH3 is 1. The fourth-order valence-electron chi connectivity index (χ4n) is 3.05. The number of rotatable bonds is 5. The van der Waals surface area contributed by atoms with Crippen LogP contribution in [0.2, 0.25) is 0 Å². The van der Waals surface area contributed by atoms with Gasteiger partial charge in [0.05, 0.1) is 7.11 Å². The van der Waals surface area contributed by atoms with E-state index >= 15 is 0 Å². The largest absolute Gasteiger partial charge is 0.463 e. The number of benzene rings is 1. The Bertz CT molecular complexity index is 732. The normalized spacial score (nSPS) is 15.4. The summed E-state index contributed by atoms with van der Waals surface area (Å²) in [6, 6.07) is 6.93. The molecule has 6 nitrogen and oxygen atoms in total. The lowest BCUT2D eigenvalue weighted by Gasteiger charge is -2.22. The minimum atomic E-state index is -0.515. The van der Waals surface area contributed by atoms with Crippen molar-refractivity contribution in [3.05, 3.63) is 30.0 Å². The fraction of sp³-hybridized carbons (Fsp3) is 0.444. The van der Waals surface area contributed by atoms with Gasteiger partial charge in [0.1, 0.15) is 5.58 Å². The van der Waals surface area contributed by atoms with Gasteiger partial charge in [0, 0.05) is 17.5 Å². The lowest BCUT2D eigenvalue weighted by molar-refractivity contribution is -0.116. The van der Waals surface area contributed by atoms with E-state index in [2.05, 4.69) is 15.4 Å². The van der Waals surface area contributed by atoms with Gasteiger partial charge >= 0.3 is 5.97 Å². The monoisotopic (exact) mass is 330 g/mol. The SMILES string of the molecule is COC(=O)c1cc2cc(NC(=O)CCC3CCNCC3)ccc2o1. The van der Waals surface area contributed by atoms with Crippen LogP contribution in [0, 0.1) is 5.92 Å². The van der Waals surface area contributed by atoms with E-state index in [1.807, 2.05) is 0 Å². The summed E-state index contributed by atoms with van der Waals surface area (Å²) in [5.74, 6) is 0.293. The molecule has 1 aromatic carbocycles. The molecule has 1 aromatic heterocycles. The number of nitrogens with one attached hydrogen (secondary N) is 2. The predicted octanol–water partition coefficient (Wildman–Crippen LogP) is 2.94. The van der Waals surface area contributed by atoms with Crippen LogP contribution in [-0.2, 0) is 9.53 Å². The third kappa shape index (κ3) is 3.94. The summed E-state index contributed by atoms with van der Waals surface area (Å²) in [5, 5.41) is 7.00. The van der Waals surface area contributed by atoms with E-state index in [0.29, 0.717) is 23.6 Å². The van der Waals surface area contributed by atoms with Gasteiger partial charge in [-0.2, -0.15) is 0 Å². The Labute approximate surface area is 140 Å². The summed E-state index contributed by atoms with van der Waals surface area (Å²) in [5.41, 5.74) is 1.29. The first-order valence-corrected chi connectivity index (χ1v) is 8.28. The van der Waals surface area contributed by atoms with Crippen molar-refractivity contribution in [1.29, 1.82) is 0 Å². The molecule has 1 aliphatic heterocycles. The molecule has 6 heteroatoms. The van der Waals surface area contributed by atoms with Crippen molar-refractivity contribution >= 4 is 28.5 Å². The molecule has 0 spiro atoms. The van der Waals surface area contributed by atoms with Gasteiger partial charge in [-0.15, -0.1) is 0 Å². The van der Waals surface area contributed by atoms with E-state index < -0.39 is 5.97 Å². The Morgan fingerprint density at radius 1 is 1.29 bits per heavy atom. The quantitative estimate of drug-likeness (QED) is 0.824. The zero-order valence-electron chi connectivity index (χ0n) is 13.8. The van der Waals surface area contributed by atoms with Gasteiger partial charge in [-0.3, -0.25) is 4.79 Å². The third-order valence-electron chi connectivity index (χ3n) is 4.43. The number of furan rings is 1. The molecule has 3 rings (SSSR count). The zero-order chi connectivity index (χ0) is 16.9. The van der Waals surface area contributed by atoms with E-state index in [0.717, 1.165) is 37.7 Å². The zero-order valence-corrected chi connectivity index (χ0v) is 13.8. The van der Waals surface area contributed by atoms with Crippen molar-refractivity contribution in [3.63, 3.8) is 0 Å². The molecular weight excluding hydrogens is 308 g/mol. The Balaban J connectivity index is 1.59. The first-order valence-electron chi connectivity index (χ1n) is 8.28. The van der Waals surface area contributed by atoms with Gasteiger partial charge in [-0.25, -0.2) is 4.79 Å². The first kappa shape index (κ1) is 16.5. The lowest BCUT2D eigenvalue weighted by Crippen LogP contribution is -2.28. The van der Waals surface area contributed by atoms with E-state index in [4.69, 9.17) is 4.42 Å². The van der Waals surface area contributed by atoms with Crippen LogP contribution in [-0.4, -0.2) is 32.1 Å². The van der Waals surface area contributed by atoms with Crippen LogP contribution in [0.3, 0.4) is 0 Å². The molecule has 0 saturated carbocycles. The molecular formula is C18H22N2O4. The molecule has 24 heavy (non-hydrogen) atoms. The second kappa shape index (κ2) is 7.49. The number of esters is 1. The number of amides is 1. The highest BCUT2D eigenvalue weighted by molar-refractivity contribution is 5.96. The molecule has 2 heterocycles. The lowest BCUT2D eigenvalue weighted by atomic mass is 9.93. The summed E-state index contributed by atoms with van der Waals surface area (Å²) in [6.07, 6.45) is 3.74. The standard InChI is InChI=1S/C18H22N2O4/c1-23-18(22)16-11-13-10-14(3-4-15(13)24-16)20-17(21)5-2-12-6-8-19-9-7-12/h3-4,10-12,19H,2,5-9H2,1H3,(H,20,21). The molecule has 128 valence electrons. The van der Waals surface area contributed by atoms with Crippen molar-refractivity contribution in [2.75, 3.05) is 25.5 Å². The number of fused-ring (bicyclic) bond motifs is 1. The van der Waals surface area contributed by atoms with Crippen molar-refractivity contribution < 1.29 is 18.7 Å². The number of carbonyl (C=O) groups is 2. The first-order chi connectivity index (χ1) is 11.7. The molecule has 0 unspecified atom stereocenters. The van der Waals surface area contributed by atoms with Crippen LogP contribution in [0.15, 0.2) is 28.7 Å². The van der Waals surface area contributed by atoms with E-state index in [1.54, 1.807) is 24.3 Å². The summed E-state index contributed by atoms with van der Waals surface area (Å²) in [6.45, 7) is 2.10. The van der Waals surface area contributed by atoms with Crippen LogP contribution in [0.5, 0.6) is 0 Å². The molecule has 1 saturated heterocycles. The predicted molar refractivity (Wildman–Crippen MR) is 91.0 cm³/mol. The maximum absolute atomic E-state index is 12.1. The molecule has 2 N–H and O–H groups in total. The summed E-state index contributed by atoms with van der Waals surface area (Å²) in [7, 11) is 1.31. The number of hydrogen-bond donors (Lipinski definition) is 2. The average molecular weight is 330 g/mol. The van der Waals surface area contributed by atoms with Crippen LogP contribution >= 0.6 is 0 Å². The number of piperidine rings is 1. The van der Waals surface area contributed by atoms with Gasteiger partial charge in [-0.1, -0.05) is 0 Å². The Kier molecular flexibility index (Phi) is 5.15. The molecule has 1 aliphatic rings. The van der Waals surface area contributed by atoms with E-state index in [-0.39, 0.29) is 11.7 Å². The minimum absolute atomic E-state index is 0.0181. The Morgan fingerprint density at radius 3 is 2.83 bits per heavy atom. The van der Waals surface area contributed by atoms with Crippen molar-refractivity contribution in [2.45, 2.75) is 25.7 Å². The molecule has 1 fully saturated rings. The molecule has 2 aromatic rings. The van der Waals surface area contributed by atoms with E-state index in [1.165, 1.54) is 7.11 Å². The van der Waals surface area contributed by atoms with Gasteiger partial charge in [0.15, 0.2) is 0 Å². The molecule has 0 radical (unpaired) electrons. The number of ether oxygens (including phenoxy) is 1. The molecule has 0 atom stereocenters. The van der Waals surface area contributed by atoms with Crippen LogP contribution < -0.4 is 10.6 Å².